The summed E-state index contributed by atoms with van der Waals surface area (Å²) in [6.07, 6.45) is 0.141. The smallest absolute Gasteiger partial charge is 0.230 e. The molecule has 1 heterocycles. The highest BCUT2D eigenvalue weighted by molar-refractivity contribution is 7.13. The number of hydrogen-bond donors (Lipinski definition) is 1. The van der Waals surface area contributed by atoms with E-state index in [0.29, 0.717) is 34.5 Å². The number of thiazole rings is 1. The summed E-state index contributed by atoms with van der Waals surface area (Å²) < 4.78 is 15.9. The van der Waals surface area contributed by atoms with Gasteiger partial charge in [-0.05, 0) is 31.2 Å². The number of rotatable bonds is 8. The maximum absolute atomic E-state index is 12.5. The Morgan fingerprint density at radius 2 is 1.86 bits per heavy atom. The summed E-state index contributed by atoms with van der Waals surface area (Å²) >= 11 is 7.59. The van der Waals surface area contributed by atoms with Crippen LogP contribution in [0, 0.1) is 0 Å². The van der Waals surface area contributed by atoms with Crippen molar-refractivity contribution in [3.05, 3.63) is 52.5 Å². The number of carbonyl (C=O) groups is 1. The number of benzene rings is 2. The molecule has 0 fully saturated rings. The molecule has 0 spiro atoms. The number of hydrogen-bond acceptors (Lipinski definition) is 6. The first kappa shape index (κ1) is 21.0. The lowest BCUT2D eigenvalue weighted by Crippen LogP contribution is -2.15. The third kappa shape index (κ3) is 5.19. The van der Waals surface area contributed by atoms with E-state index in [0.717, 1.165) is 16.3 Å². The molecule has 1 amide bonds. The van der Waals surface area contributed by atoms with Crippen molar-refractivity contribution in [1.82, 2.24) is 4.98 Å². The van der Waals surface area contributed by atoms with E-state index < -0.39 is 0 Å². The molecular formula is C21H21ClN2O4S. The Hall–Kier alpha value is -2.77. The quantitative estimate of drug-likeness (QED) is 0.538. The van der Waals surface area contributed by atoms with Gasteiger partial charge in [-0.15, -0.1) is 11.3 Å². The number of methoxy groups -OCH3 is 2. The molecule has 0 radical (unpaired) electrons. The largest absolute Gasteiger partial charge is 0.495 e. The first-order valence-corrected chi connectivity index (χ1v) is 10.2. The number of amides is 1. The fourth-order valence-electron chi connectivity index (χ4n) is 2.70. The van der Waals surface area contributed by atoms with E-state index in [-0.39, 0.29) is 12.3 Å². The number of anilines is 1. The Labute approximate surface area is 178 Å². The Morgan fingerprint density at radius 1 is 1.14 bits per heavy atom. The maximum atomic E-state index is 12.5. The van der Waals surface area contributed by atoms with Gasteiger partial charge in [-0.3, -0.25) is 4.79 Å². The first-order chi connectivity index (χ1) is 14.0. The summed E-state index contributed by atoms with van der Waals surface area (Å²) in [6, 6.07) is 11.0. The van der Waals surface area contributed by atoms with Crippen LogP contribution in [0.25, 0.3) is 10.6 Å². The minimum Gasteiger partial charge on any atom is -0.495 e. The van der Waals surface area contributed by atoms with Crippen molar-refractivity contribution in [3.8, 4) is 27.8 Å². The molecule has 0 aliphatic rings. The molecule has 3 aromatic rings. The van der Waals surface area contributed by atoms with Crippen LogP contribution in [0.1, 0.15) is 12.6 Å². The molecule has 3 rings (SSSR count). The zero-order valence-electron chi connectivity index (χ0n) is 16.3. The van der Waals surface area contributed by atoms with Crippen LogP contribution in [0.2, 0.25) is 5.02 Å². The number of halogens is 1. The highest BCUT2D eigenvalue weighted by atomic mass is 35.5. The Morgan fingerprint density at radius 3 is 2.52 bits per heavy atom. The van der Waals surface area contributed by atoms with E-state index in [2.05, 4.69) is 10.3 Å². The van der Waals surface area contributed by atoms with Crippen LogP contribution in [0.3, 0.4) is 0 Å². The van der Waals surface area contributed by atoms with E-state index in [1.807, 2.05) is 36.6 Å². The van der Waals surface area contributed by atoms with E-state index >= 15 is 0 Å². The minimum atomic E-state index is -0.212. The van der Waals surface area contributed by atoms with Crippen LogP contribution in [-0.2, 0) is 11.2 Å². The summed E-state index contributed by atoms with van der Waals surface area (Å²) in [5.41, 5.74) is 2.16. The molecule has 0 aliphatic carbocycles. The summed E-state index contributed by atoms with van der Waals surface area (Å²) in [5.74, 6) is 1.52. The summed E-state index contributed by atoms with van der Waals surface area (Å²) in [6.45, 7) is 2.57. The normalized spacial score (nSPS) is 10.5. The van der Waals surface area contributed by atoms with Crippen molar-refractivity contribution in [2.45, 2.75) is 13.3 Å². The molecular weight excluding hydrogens is 412 g/mol. The van der Waals surface area contributed by atoms with Gasteiger partial charge in [0.2, 0.25) is 5.91 Å². The SMILES string of the molecule is CCOc1ccc(-c2nc(CC(=O)Nc3cc(OC)c(Cl)cc3OC)cs2)cc1. The maximum Gasteiger partial charge on any atom is 0.230 e. The third-order valence-corrected chi connectivity index (χ3v) is 5.29. The summed E-state index contributed by atoms with van der Waals surface area (Å²) in [7, 11) is 3.02. The lowest BCUT2D eigenvalue weighted by atomic mass is 10.2. The molecule has 8 heteroatoms. The minimum absolute atomic E-state index is 0.141. The Balaban J connectivity index is 1.69. The van der Waals surface area contributed by atoms with Gasteiger partial charge in [0.15, 0.2) is 0 Å². The average Bonchev–Trinajstić information content (AvgIpc) is 3.18. The lowest BCUT2D eigenvalue weighted by Gasteiger charge is -2.12. The lowest BCUT2D eigenvalue weighted by molar-refractivity contribution is -0.115. The van der Waals surface area contributed by atoms with E-state index in [4.69, 9.17) is 25.8 Å². The molecule has 0 unspecified atom stereocenters. The topological polar surface area (TPSA) is 69.7 Å². The molecule has 6 nitrogen and oxygen atoms in total. The fourth-order valence-corrected chi connectivity index (χ4v) is 3.75. The van der Waals surface area contributed by atoms with Gasteiger partial charge in [0.25, 0.3) is 0 Å². The van der Waals surface area contributed by atoms with Gasteiger partial charge in [-0.2, -0.15) is 0 Å². The number of ether oxygens (including phenoxy) is 3. The van der Waals surface area contributed by atoms with Gasteiger partial charge in [-0.25, -0.2) is 4.98 Å². The zero-order valence-corrected chi connectivity index (χ0v) is 17.9. The molecule has 0 aliphatic heterocycles. The summed E-state index contributed by atoms with van der Waals surface area (Å²) in [5, 5.41) is 5.96. The summed E-state index contributed by atoms with van der Waals surface area (Å²) in [4.78, 5) is 17.1. The Kier molecular flexibility index (Phi) is 6.95. The molecule has 0 bridgehead atoms. The Bertz CT molecular complexity index is 989. The van der Waals surface area contributed by atoms with Gasteiger partial charge in [0.1, 0.15) is 22.3 Å². The van der Waals surface area contributed by atoms with Gasteiger partial charge >= 0.3 is 0 Å². The predicted molar refractivity (Wildman–Crippen MR) is 116 cm³/mol. The van der Waals surface area contributed by atoms with Crippen molar-refractivity contribution >= 4 is 34.5 Å². The third-order valence-electron chi connectivity index (χ3n) is 4.05. The molecule has 152 valence electrons. The van der Waals surface area contributed by atoms with Crippen LogP contribution in [-0.4, -0.2) is 31.7 Å². The van der Waals surface area contributed by atoms with E-state index in [1.54, 1.807) is 12.1 Å². The van der Waals surface area contributed by atoms with Crippen LogP contribution >= 0.6 is 22.9 Å². The van der Waals surface area contributed by atoms with Gasteiger partial charge in [-0.1, -0.05) is 11.6 Å². The molecule has 0 saturated heterocycles. The van der Waals surface area contributed by atoms with Crippen molar-refractivity contribution < 1.29 is 19.0 Å². The zero-order chi connectivity index (χ0) is 20.8. The standard InChI is InChI=1S/C21H21ClN2O4S/c1-4-28-15-7-5-13(6-8-15)21-23-14(12-29-21)9-20(25)24-17-11-18(26-2)16(22)10-19(17)27-3/h5-8,10-12H,4,9H2,1-3H3,(H,24,25). The second-order valence-corrected chi connectivity index (χ2v) is 7.28. The number of carbonyl (C=O) groups excluding carboxylic acids is 1. The molecule has 2 aromatic carbocycles. The predicted octanol–water partition coefficient (Wildman–Crippen LogP) is 5.06. The second-order valence-electron chi connectivity index (χ2n) is 6.01. The molecule has 0 saturated carbocycles. The molecule has 29 heavy (non-hydrogen) atoms. The molecule has 0 atom stereocenters. The highest BCUT2D eigenvalue weighted by Crippen LogP contribution is 2.36. The number of aromatic nitrogens is 1. The monoisotopic (exact) mass is 432 g/mol. The van der Waals surface area contributed by atoms with E-state index in [1.165, 1.54) is 25.6 Å². The fraction of sp³-hybridized carbons (Fsp3) is 0.238. The van der Waals surface area contributed by atoms with Crippen molar-refractivity contribution in [1.29, 1.82) is 0 Å². The van der Waals surface area contributed by atoms with Crippen molar-refractivity contribution in [3.63, 3.8) is 0 Å². The number of nitrogens with one attached hydrogen (secondary N) is 1. The second kappa shape index (κ2) is 9.62. The van der Waals surface area contributed by atoms with Crippen molar-refractivity contribution in [2.24, 2.45) is 0 Å². The molecule has 1 N–H and O–H groups in total. The highest BCUT2D eigenvalue weighted by Gasteiger charge is 2.14. The van der Waals surface area contributed by atoms with E-state index in [9.17, 15) is 4.79 Å². The van der Waals surface area contributed by atoms with Crippen molar-refractivity contribution in [2.75, 3.05) is 26.1 Å². The number of nitrogens with zero attached hydrogens (tertiary/aromatic N) is 1. The van der Waals surface area contributed by atoms with Crippen LogP contribution in [0.4, 0.5) is 5.69 Å². The van der Waals surface area contributed by atoms with Gasteiger partial charge in [0, 0.05) is 23.1 Å². The molecule has 1 aromatic heterocycles. The van der Waals surface area contributed by atoms with Gasteiger partial charge in [0.05, 0.1) is 43.7 Å². The first-order valence-electron chi connectivity index (χ1n) is 8.93. The van der Waals surface area contributed by atoms with Gasteiger partial charge < -0.3 is 19.5 Å². The van der Waals surface area contributed by atoms with Crippen LogP contribution in [0.5, 0.6) is 17.2 Å². The van der Waals surface area contributed by atoms with Crippen LogP contribution < -0.4 is 19.5 Å². The average molecular weight is 433 g/mol. The van der Waals surface area contributed by atoms with Crippen LogP contribution in [0.15, 0.2) is 41.8 Å².